The third-order valence-corrected chi connectivity index (χ3v) is 3.78. The molecule has 1 fully saturated rings. The van der Waals surface area contributed by atoms with E-state index in [9.17, 15) is 4.39 Å². The summed E-state index contributed by atoms with van der Waals surface area (Å²) in [5.74, 6) is -0.208. The number of nitrogens with one attached hydrogen (secondary N) is 1. The molecule has 0 unspecified atom stereocenters. The normalized spacial score (nSPS) is 14.2. The van der Waals surface area contributed by atoms with E-state index < -0.39 is 0 Å². The Hall–Kier alpha value is -1.94. The third kappa shape index (κ3) is 3.39. The van der Waals surface area contributed by atoms with Gasteiger partial charge in [0.15, 0.2) is 0 Å². The van der Waals surface area contributed by atoms with Gasteiger partial charge in [-0.3, -0.25) is 4.98 Å². The number of hydrogen-bond donors (Lipinski definition) is 1. The topological polar surface area (TPSA) is 28.2 Å². The first-order chi connectivity index (χ1) is 10.3. The van der Waals surface area contributed by atoms with Crippen molar-refractivity contribution in [2.24, 2.45) is 0 Å². The summed E-state index contributed by atoms with van der Waals surface area (Å²) in [6.07, 6.45) is 6.26. The lowest BCUT2D eigenvalue weighted by molar-refractivity contribution is 0.627. The lowest BCUT2D eigenvalue weighted by Gasteiger charge is -2.25. The van der Waals surface area contributed by atoms with Gasteiger partial charge < -0.3 is 10.2 Å². The molecule has 3 nitrogen and oxygen atoms in total. The van der Waals surface area contributed by atoms with Crippen molar-refractivity contribution in [2.75, 3.05) is 11.4 Å². The zero-order valence-electron chi connectivity index (χ0n) is 12.2. The molecule has 0 aliphatic heterocycles. The Labute approximate surface area is 124 Å². The van der Waals surface area contributed by atoms with E-state index in [2.05, 4.69) is 22.1 Å². The molecule has 0 spiro atoms. The first-order valence-electron chi connectivity index (χ1n) is 7.47. The van der Waals surface area contributed by atoms with Crippen molar-refractivity contribution in [1.82, 2.24) is 10.3 Å². The molecule has 110 valence electrons. The minimum atomic E-state index is -0.208. The van der Waals surface area contributed by atoms with Crippen molar-refractivity contribution >= 4 is 11.4 Å². The number of benzene rings is 1. The number of hydrogen-bond acceptors (Lipinski definition) is 3. The van der Waals surface area contributed by atoms with Gasteiger partial charge in [0.05, 0.1) is 0 Å². The number of pyridine rings is 1. The number of rotatable bonds is 6. The van der Waals surface area contributed by atoms with Crippen LogP contribution >= 0.6 is 0 Å². The maximum absolute atomic E-state index is 13.1. The highest BCUT2D eigenvalue weighted by molar-refractivity contribution is 5.65. The van der Waals surface area contributed by atoms with Gasteiger partial charge in [-0.25, -0.2) is 4.39 Å². The van der Waals surface area contributed by atoms with Crippen LogP contribution in [-0.2, 0) is 6.54 Å². The molecular weight excluding hydrogens is 265 g/mol. The molecule has 1 aromatic heterocycles. The van der Waals surface area contributed by atoms with Crippen LogP contribution in [-0.4, -0.2) is 17.6 Å². The van der Waals surface area contributed by atoms with Crippen LogP contribution in [0.15, 0.2) is 42.7 Å². The van der Waals surface area contributed by atoms with E-state index >= 15 is 0 Å². The van der Waals surface area contributed by atoms with E-state index in [1.54, 1.807) is 0 Å². The van der Waals surface area contributed by atoms with Gasteiger partial charge in [-0.2, -0.15) is 0 Å². The van der Waals surface area contributed by atoms with Crippen LogP contribution in [0, 0.1) is 5.82 Å². The van der Waals surface area contributed by atoms with Crippen molar-refractivity contribution in [2.45, 2.75) is 32.4 Å². The van der Waals surface area contributed by atoms with E-state index in [4.69, 9.17) is 0 Å². The molecule has 0 atom stereocenters. The standard InChI is InChI=1S/C17H20FN3/c1-2-21(16-7-3-14(18)4-8-16)17-9-10-19-11-13(17)12-20-15-5-6-15/h3-4,7-11,15,20H,2,5-6,12H2,1H3. The van der Waals surface area contributed by atoms with Crippen LogP contribution in [0.25, 0.3) is 0 Å². The van der Waals surface area contributed by atoms with Crippen molar-refractivity contribution in [3.05, 3.63) is 54.1 Å². The van der Waals surface area contributed by atoms with Gasteiger partial charge in [0.2, 0.25) is 0 Å². The Bertz CT molecular complexity index is 593. The average molecular weight is 285 g/mol. The predicted octanol–water partition coefficient (Wildman–Crippen LogP) is 3.63. The minimum absolute atomic E-state index is 0.208. The van der Waals surface area contributed by atoms with Crippen LogP contribution < -0.4 is 10.2 Å². The smallest absolute Gasteiger partial charge is 0.123 e. The highest BCUT2D eigenvalue weighted by Gasteiger charge is 2.21. The second-order valence-electron chi connectivity index (χ2n) is 5.38. The number of aromatic nitrogens is 1. The lowest BCUT2D eigenvalue weighted by Crippen LogP contribution is -2.21. The van der Waals surface area contributed by atoms with Gasteiger partial charge >= 0.3 is 0 Å². The minimum Gasteiger partial charge on any atom is -0.341 e. The summed E-state index contributed by atoms with van der Waals surface area (Å²) in [5, 5.41) is 3.53. The molecule has 0 saturated heterocycles. The van der Waals surface area contributed by atoms with Gasteiger partial charge in [0.1, 0.15) is 5.82 Å². The van der Waals surface area contributed by atoms with Crippen molar-refractivity contribution < 1.29 is 4.39 Å². The molecular formula is C17H20FN3. The summed E-state index contributed by atoms with van der Waals surface area (Å²) in [6, 6.07) is 9.33. The first-order valence-corrected chi connectivity index (χ1v) is 7.47. The largest absolute Gasteiger partial charge is 0.341 e. The molecule has 1 saturated carbocycles. The fourth-order valence-corrected chi connectivity index (χ4v) is 2.47. The monoisotopic (exact) mass is 285 g/mol. The van der Waals surface area contributed by atoms with Crippen LogP contribution in [0.2, 0.25) is 0 Å². The molecule has 1 N–H and O–H groups in total. The maximum Gasteiger partial charge on any atom is 0.123 e. The SMILES string of the molecule is CCN(c1ccc(F)cc1)c1ccncc1CNC1CC1. The lowest BCUT2D eigenvalue weighted by atomic mass is 10.1. The highest BCUT2D eigenvalue weighted by atomic mass is 19.1. The van der Waals surface area contributed by atoms with Gasteiger partial charge in [-0.15, -0.1) is 0 Å². The molecule has 3 rings (SSSR count). The molecule has 1 aromatic carbocycles. The second-order valence-corrected chi connectivity index (χ2v) is 5.38. The van der Waals surface area contributed by atoms with E-state index in [1.165, 1.54) is 30.5 Å². The zero-order valence-corrected chi connectivity index (χ0v) is 12.2. The molecule has 2 aromatic rings. The molecule has 1 aliphatic rings. The summed E-state index contributed by atoms with van der Waals surface area (Å²) in [5.41, 5.74) is 3.31. The fraction of sp³-hybridized carbons (Fsp3) is 0.353. The summed E-state index contributed by atoms with van der Waals surface area (Å²) < 4.78 is 13.1. The van der Waals surface area contributed by atoms with Crippen molar-refractivity contribution in [3.63, 3.8) is 0 Å². The van der Waals surface area contributed by atoms with Gasteiger partial charge in [-0.05, 0) is 50.1 Å². The average Bonchev–Trinajstić information content (AvgIpc) is 3.33. The zero-order chi connectivity index (χ0) is 14.7. The maximum atomic E-state index is 13.1. The molecule has 1 aliphatic carbocycles. The van der Waals surface area contributed by atoms with Crippen LogP contribution in [0.3, 0.4) is 0 Å². The van der Waals surface area contributed by atoms with Gasteiger partial charge in [0, 0.05) is 48.5 Å². The quantitative estimate of drug-likeness (QED) is 0.878. The van der Waals surface area contributed by atoms with Crippen LogP contribution in [0.4, 0.5) is 15.8 Å². The van der Waals surface area contributed by atoms with E-state index in [0.717, 1.165) is 24.5 Å². The fourth-order valence-electron chi connectivity index (χ4n) is 2.47. The van der Waals surface area contributed by atoms with Crippen molar-refractivity contribution in [1.29, 1.82) is 0 Å². The molecule has 1 heterocycles. The summed E-state index contributed by atoms with van der Waals surface area (Å²) >= 11 is 0. The molecule has 0 radical (unpaired) electrons. The number of nitrogens with zero attached hydrogens (tertiary/aromatic N) is 2. The van der Waals surface area contributed by atoms with E-state index in [1.807, 2.05) is 30.6 Å². The molecule has 0 amide bonds. The van der Waals surface area contributed by atoms with E-state index in [-0.39, 0.29) is 5.82 Å². The Morgan fingerprint density at radius 3 is 2.67 bits per heavy atom. The van der Waals surface area contributed by atoms with Crippen molar-refractivity contribution in [3.8, 4) is 0 Å². The summed E-state index contributed by atoms with van der Waals surface area (Å²) in [4.78, 5) is 6.43. The van der Waals surface area contributed by atoms with Gasteiger partial charge in [-0.1, -0.05) is 0 Å². The predicted molar refractivity (Wildman–Crippen MR) is 83.2 cm³/mol. The molecule has 21 heavy (non-hydrogen) atoms. The summed E-state index contributed by atoms with van der Waals surface area (Å²) in [6.45, 7) is 3.75. The van der Waals surface area contributed by atoms with Crippen LogP contribution in [0.5, 0.6) is 0 Å². The number of anilines is 2. The van der Waals surface area contributed by atoms with E-state index in [0.29, 0.717) is 6.04 Å². The Balaban J connectivity index is 1.86. The third-order valence-electron chi connectivity index (χ3n) is 3.78. The van der Waals surface area contributed by atoms with Gasteiger partial charge in [0.25, 0.3) is 0 Å². The Morgan fingerprint density at radius 1 is 1.24 bits per heavy atom. The molecule has 0 bridgehead atoms. The first kappa shape index (κ1) is 14.0. The Kier molecular flexibility index (Phi) is 4.15. The van der Waals surface area contributed by atoms with Crippen LogP contribution in [0.1, 0.15) is 25.3 Å². The molecule has 4 heteroatoms. The second kappa shape index (κ2) is 6.22. The summed E-state index contributed by atoms with van der Waals surface area (Å²) in [7, 11) is 0. The highest BCUT2D eigenvalue weighted by Crippen LogP contribution is 2.29. The Morgan fingerprint density at radius 2 is 2.00 bits per heavy atom. The number of halogens is 1.